The van der Waals surface area contributed by atoms with Crippen LogP contribution in [0.3, 0.4) is 0 Å². The Kier molecular flexibility index (Phi) is 16.7. The lowest BCUT2D eigenvalue weighted by Crippen LogP contribution is -2.50. The van der Waals surface area contributed by atoms with Gasteiger partial charge >= 0.3 is 33.5 Å². The zero-order valence-electron chi connectivity index (χ0n) is 37.6. The van der Waals surface area contributed by atoms with E-state index in [1.165, 1.54) is 46.6 Å². The minimum Gasteiger partial charge on any atom is -0.468 e. The Labute approximate surface area is 386 Å². The van der Waals surface area contributed by atoms with E-state index in [9.17, 15) is 28.8 Å². The predicted octanol–water partition coefficient (Wildman–Crippen LogP) is 6.96. The molecular formula is C45H52N6O14P2. The third-order valence-electron chi connectivity index (χ3n) is 10.2. The van der Waals surface area contributed by atoms with Crippen molar-refractivity contribution in [2.45, 2.75) is 84.5 Å². The van der Waals surface area contributed by atoms with Crippen LogP contribution >= 0.6 is 15.6 Å². The summed E-state index contributed by atoms with van der Waals surface area (Å²) in [6.45, 7) is 5.97. The molecule has 0 amide bonds. The van der Waals surface area contributed by atoms with Gasteiger partial charge in [-0.1, -0.05) is 107 Å². The van der Waals surface area contributed by atoms with Crippen LogP contribution in [0.25, 0.3) is 5.52 Å². The summed E-state index contributed by atoms with van der Waals surface area (Å²) in [5.41, 5.74) is -0.870. The van der Waals surface area contributed by atoms with Crippen molar-refractivity contribution in [1.82, 2.24) is 19.3 Å². The van der Waals surface area contributed by atoms with E-state index >= 15 is 0 Å². The molecule has 67 heavy (non-hydrogen) atoms. The molecule has 1 fully saturated rings. The maximum atomic E-state index is 14.5. The maximum absolute atomic E-state index is 14.5. The molecule has 1 saturated heterocycles. The molecule has 0 bridgehead atoms. The Morgan fingerprint density at radius 1 is 0.806 bits per heavy atom. The number of aromatic nitrogens is 3. The highest BCUT2D eigenvalue weighted by molar-refractivity contribution is 7.52. The number of hydrogen-bond donors (Lipinski definition) is 2. The average Bonchev–Trinajstić information content (AvgIpc) is 3.89. The number of fused-ring (bicyclic) bond motifs is 1. The van der Waals surface area contributed by atoms with E-state index in [-0.39, 0.29) is 35.7 Å². The molecule has 0 aliphatic carbocycles. The smallest absolute Gasteiger partial charge is 0.468 e. The van der Waals surface area contributed by atoms with Gasteiger partial charge in [0.1, 0.15) is 49.1 Å². The minimum atomic E-state index is -4.63. The molecule has 2 N–H and O–H groups in total. The third-order valence-corrected chi connectivity index (χ3v) is 13.1. The van der Waals surface area contributed by atoms with Crippen LogP contribution in [-0.2, 0) is 80.5 Å². The minimum absolute atomic E-state index is 0.0694. The number of nitrogens with one attached hydrogen (secondary N) is 2. The number of phosphoric acid groups is 1. The summed E-state index contributed by atoms with van der Waals surface area (Å²) < 4.78 is 83.2. The largest absolute Gasteiger partial charge is 0.477 e. The van der Waals surface area contributed by atoms with Gasteiger partial charge in [-0.25, -0.2) is 13.6 Å². The highest BCUT2D eigenvalue weighted by Crippen LogP contribution is 2.52. The lowest BCUT2D eigenvalue weighted by Gasteiger charge is -2.31. The van der Waals surface area contributed by atoms with Gasteiger partial charge in [-0.3, -0.25) is 42.5 Å². The van der Waals surface area contributed by atoms with E-state index in [1.54, 1.807) is 94.4 Å². The summed E-state index contributed by atoms with van der Waals surface area (Å²) in [5.74, 6) is -3.73. The average molecular weight is 963 g/mol. The number of nitrogens with zero attached hydrogens (tertiary/aromatic N) is 4. The molecule has 6 rings (SSSR count). The summed E-state index contributed by atoms with van der Waals surface area (Å²) in [7, 11) is -7.78. The Morgan fingerprint density at radius 2 is 1.37 bits per heavy atom. The molecule has 0 radical (unpaired) electrons. The van der Waals surface area contributed by atoms with Crippen molar-refractivity contribution in [3.63, 3.8) is 0 Å². The first kappa shape index (κ1) is 50.4. The fourth-order valence-corrected chi connectivity index (χ4v) is 9.14. The Balaban J connectivity index is 1.34. The standard InChI is InChI=1S/C45H52N6O14P2/c1-30(2)42(52)62-39-38(64-45(26-46,40(39)63-43(53)31(3)4)27-60-66(55,49-32(5)44(54)57-6)65-35-20-14-9-15-21-35)36-22-23-37-41(47)50(28-48-51(36)37)29-61-67(56,58-24-33-16-10-7-11-17-33)59-25-34-18-12-8-13-19-34/h7-23,28,30-32,38-40,47H,24-25,27,29H2,1-6H3,(H,49,55)/t32?,38-,39-,40-,45+,66-/m0/s1. The Bertz CT molecular complexity index is 2650. The van der Waals surface area contributed by atoms with E-state index in [0.29, 0.717) is 11.1 Å². The van der Waals surface area contributed by atoms with Gasteiger partial charge in [0.15, 0.2) is 17.7 Å². The zero-order chi connectivity index (χ0) is 48.4. The van der Waals surface area contributed by atoms with Gasteiger partial charge in [-0.05, 0) is 42.3 Å². The number of carbonyl (C=O) groups is 3. The zero-order valence-corrected chi connectivity index (χ0v) is 39.4. The second-order valence-corrected chi connectivity index (χ2v) is 19.2. The van der Waals surface area contributed by atoms with Gasteiger partial charge < -0.3 is 23.5 Å². The van der Waals surface area contributed by atoms with Crippen LogP contribution in [0.2, 0.25) is 0 Å². The third kappa shape index (κ3) is 12.5. The van der Waals surface area contributed by atoms with E-state index in [0.717, 1.165) is 7.11 Å². The van der Waals surface area contributed by atoms with Crippen LogP contribution in [0.4, 0.5) is 0 Å². The number of methoxy groups -OCH3 is 1. The van der Waals surface area contributed by atoms with Crippen molar-refractivity contribution < 1.29 is 65.1 Å². The summed E-state index contributed by atoms with van der Waals surface area (Å²) in [4.78, 5) is 39.3. The van der Waals surface area contributed by atoms with Crippen LogP contribution in [0.15, 0.2) is 109 Å². The quantitative estimate of drug-likeness (QED) is 0.0404. The number of phosphoric ester groups is 1. The summed E-state index contributed by atoms with van der Waals surface area (Å²) in [6.07, 6.45) is -3.53. The number of carbonyl (C=O) groups excluding carboxylic acids is 3. The lowest BCUT2D eigenvalue weighted by molar-refractivity contribution is -0.173. The number of hydrogen-bond acceptors (Lipinski definition) is 17. The van der Waals surface area contributed by atoms with Gasteiger partial charge in [0.2, 0.25) is 5.60 Å². The van der Waals surface area contributed by atoms with Crippen molar-refractivity contribution in [3.8, 4) is 11.8 Å². The van der Waals surface area contributed by atoms with E-state index < -0.39 is 88.6 Å². The molecule has 356 valence electrons. The van der Waals surface area contributed by atoms with Crippen LogP contribution in [0.1, 0.15) is 57.5 Å². The number of ether oxygens (including phenoxy) is 4. The van der Waals surface area contributed by atoms with Crippen LogP contribution in [-0.4, -0.2) is 69.7 Å². The van der Waals surface area contributed by atoms with Crippen molar-refractivity contribution in [3.05, 3.63) is 132 Å². The molecule has 3 aromatic carbocycles. The topological polar surface area (TPSA) is 250 Å². The molecule has 22 heteroatoms. The van der Waals surface area contributed by atoms with Crippen molar-refractivity contribution in [2.24, 2.45) is 11.8 Å². The van der Waals surface area contributed by atoms with Gasteiger partial charge in [-0.2, -0.15) is 15.4 Å². The van der Waals surface area contributed by atoms with Crippen LogP contribution in [0.5, 0.6) is 5.75 Å². The fourth-order valence-electron chi connectivity index (χ4n) is 6.51. The van der Waals surface area contributed by atoms with Gasteiger partial charge in [0.25, 0.3) is 0 Å². The SMILES string of the molecule is COC(=O)C(C)N[P@](=O)(OC[C@@]1(C#N)O[C@@H](c2ccc3c(=N)n(COP(=O)(OCc4ccccc4)OCc4ccccc4)cnn23)[C@H](OC(=O)C(C)C)[C@@H]1OC(=O)C(C)C)Oc1ccccc1. The van der Waals surface area contributed by atoms with Gasteiger partial charge in [0, 0.05) is 0 Å². The molecule has 0 saturated carbocycles. The highest BCUT2D eigenvalue weighted by atomic mass is 31.2. The number of rotatable bonds is 22. The molecule has 5 aromatic rings. The molecule has 1 unspecified atom stereocenters. The molecule has 3 heterocycles. The normalized spacial score (nSPS) is 19.7. The van der Waals surface area contributed by atoms with Crippen LogP contribution < -0.4 is 15.1 Å². The van der Waals surface area contributed by atoms with Crippen molar-refractivity contribution >= 4 is 39.0 Å². The molecule has 0 spiro atoms. The summed E-state index contributed by atoms with van der Waals surface area (Å²) in [5, 5.41) is 27.2. The van der Waals surface area contributed by atoms with Gasteiger partial charge in [0.05, 0.1) is 37.9 Å². The second kappa shape index (κ2) is 22.2. The van der Waals surface area contributed by atoms with Gasteiger partial charge in [-0.15, -0.1) is 0 Å². The van der Waals surface area contributed by atoms with Crippen LogP contribution in [0, 0.1) is 28.6 Å². The monoisotopic (exact) mass is 962 g/mol. The Morgan fingerprint density at radius 3 is 1.93 bits per heavy atom. The van der Waals surface area contributed by atoms with E-state index in [2.05, 4.69) is 10.2 Å². The Hall–Kier alpha value is -6.00. The van der Waals surface area contributed by atoms with Crippen molar-refractivity contribution in [2.75, 3.05) is 13.7 Å². The molecule has 1 aliphatic rings. The number of nitriles is 1. The highest BCUT2D eigenvalue weighted by Gasteiger charge is 2.62. The first-order valence-corrected chi connectivity index (χ1v) is 24.1. The number of esters is 3. The molecular weight excluding hydrogens is 910 g/mol. The molecule has 20 nitrogen and oxygen atoms in total. The second-order valence-electron chi connectivity index (χ2n) is 15.9. The lowest BCUT2D eigenvalue weighted by atomic mass is 9.95. The first-order chi connectivity index (χ1) is 32.0. The molecule has 2 aromatic heterocycles. The number of benzene rings is 3. The number of para-hydroxylation sites is 1. The van der Waals surface area contributed by atoms with Crippen molar-refractivity contribution in [1.29, 1.82) is 10.7 Å². The first-order valence-electron chi connectivity index (χ1n) is 21.1. The predicted molar refractivity (Wildman–Crippen MR) is 237 cm³/mol. The maximum Gasteiger partial charge on any atom is 0.477 e. The van der Waals surface area contributed by atoms with E-state index in [4.69, 9.17) is 47.0 Å². The fraction of sp³-hybridized carbons (Fsp3) is 0.378. The summed E-state index contributed by atoms with van der Waals surface area (Å²) in [6, 6.07) is 29.7. The molecule has 6 atom stereocenters. The molecule has 1 aliphatic heterocycles. The van der Waals surface area contributed by atoms with E-state index in [1.807, 2.05) is 18.2 Å². The summed E-state index contributed by atoms with van der Waals surface area (Å²) >= 11 is 0.